The molecule has 16 heavy (non-hydrogen) atoms. The molecule has 1 heterocycles. The molecule has 0 amide bonds. The Labute approximate surface area is 95.0 Å². The summed E-state index contributed by atoms with van der Waals surface area (Å²) in [7, 11) is 0. The van der Waals surface area contributed by atoms with Crippen LogP contribution in [0.5, 0.6) is 0 Å². The Morgan fingerprint density at radius 1 is 1.56 bits per heavy atom. The highest BCUT2D eigenvalue weighted by Crippen LogP contribution is 2.12. The van der Waals surface area contributed by atoms with Crippen LogP contribution in [0.1, 0.15) is 25.7 Å². The van der Waals surface area contributed by atoms with Gasteiger partial charge in [0.2, 0.25) is 0 Å². The molecule has 0 spiro atoms. The molecule has 2 aliphatic rings. The number of aliphatic carboxylic acids is 1. The number of hydrogen-bond acceptors (Lipinski definition) is 2. The molecule has 0 aromatic rings. The van der Waals surface area contributed by atoms with Crippen molar-refractivity contribution < 1.29 is 14.3 Å². The number of rotatable bonds is 2. The van der Waals surface area contributed by atoms with E-state index in [2.05, 4.69) is 5.32 Å². The van der Waals surface area contributed by atoms with Crippen molar-refractivity contribution in [1.29, 1.82) is 0 Å². The van der Waals surface area contributed by atoms with Gasteiger partial charge in [0.15, 0.2) is 0 Å². The summed E-state index contributed by atoms with van der Waals surface area (Å²) in [5.74, 6) is -0.752. The second-order valence-electron chi connectivity index (χ2n) is 3.92. The first-order valence-electron chi connectivity index (χ1n) is 5.60. The lowest BCUT2D eigenvalue weighted by Gasteiger charge is -2.02. The summed E-state index contributed by atoms with van der Waals surface area (Å²) in [5.41, 5.74) is 0.929. The fraction of sp³-hybridized carbons (Fsp3) is 0.583. The summed E-state index contributed by atoms with van der Waals surface area (Å²) in [5, 5.41) is 11.3. The van der Waals surface area contributed by atoms with Crippen molar-refractivity contribution in [3.8, 4) is 0 Å². The number of carboxylic acids is 1. The summed E-state index contributed by atoms with van der Waals surface area (Å²) >= 11 is 0. The summed E-state index contributed by atoms with van der Waals surface area (Å²) in [6.07, 6.45) is 8.22. The molecule has 4 heteroatoms. The van der Waals surface area contributed by atoms with Crippen molar-refractivity contribution >= 4 is 5.97 Å². The minimum Gasteiger partial charge on any atom is -0.481 e. The average Bonchev–Trinajstić information content (AvgIpc) is 2.71. The van der Waals surface area contributed by atoms with Gasteiger partial charge in [0.25, 0.3) is 0 Å². The van der Waals surface area contributed by atoms with Gasteiger partial charge in [-0.3, -0.25) is 4.79 Å². The third kappa shape index (κ3) is 5.66. The molecule has 0 bridgehead atoms. The number of hydrogen-bond donors (Lipinski definition) is 2. The minimum absolute atomic E-state index is 0.163. The maximum atomic E-state index is 11.9. The van der Waals surface area contributed by atoms with Crippen LogP contribution in [0.2, 0.25) is 0 Å². The molecule has 0 radical (unpaired) electrons. The monoisotopic (exact) mass is 227 g/mol. The van der Waals surface area contributed by atoms with Crippen LogP contribution in [0.15, 0.2) is 23.8 Å². The summed E-state index contributed by atoms with van der Waals surface area (Å²) in [6.45, 7) is 1.43. The van der Waals surface area contributed by atoms with Crippen LogP contribution in [0, 0.1) is 0 Å². The number of halogens is 1. The Kier molecular flexibility index (Phi) is 5.78. The molecule has 1 atom stereocenters. The predicted octanol–water partition coefficient (Wildman–Crippen LogP) is 2.06. The lowest BCUT2D eigenvalue weighted by atomic mass is 10.0. The Morgan fingerprint density at radius 3 is 2.75 bits per heavy atom. The smallest absolute Gasteiger partial charge is 0.307 e. The number of alkyl halides is 1. The fourth-order valence-corrected chi connectivity index (χ4v) is 1.59. The average molecular weight is 227 g/mol. The number of carboxylic acid groups (broad SMARTS) is 1. The second-order valence-corrected chi connectivity index (χ2v) is 3.92. The van der Waals surface area contributed by atoms with E-state index in [1.54, 1.807) is 0 Å². The van der Waals surface area contributed by atoms with Gasteiger partial charge in [0.05, 0.1) is 6.42 Å². The minimum atomic E-state index is -0.752. The lowest BCUT2D eigenvalue weighted by molar-refractivity contribution is -0.136. The van der Waals surface area contributed by atoms with Crippen molar-refractivity contribution in [3.63, 3.8) is 0 Å². The van der Waals surface area contributed by atoms with Gasteiger partial charge in [-0.1, -0.05) is 18.2 Å². The van der Waals surface area contributed by atoms with E-state index in [0.29, 0.717) is 13.0 Å². The molecule has 1 aliphatic carbocycles. The molecule has 0 aromatic carbocycles. The zero-order chi connectivity index (χ0) is 11.8. The zero-order valence-corrected chi connectivity index (χ0v) is 9.29. The first-order chi connectivity index (χ1) is 7.68. The molecule has 2 N–H and O–H groups in total. The van der Waals surface area contributed by atoms with E-state index >= 15 is 0 Å². The summed E-state index contributed by atoms with van der Waals surface area (Å²) in [4.78, 5) is 10.2. The maximum Gasteiger partial charge on any atom is 0.307 e. The number of allylic oxidation sites excluding steroid dienone is 3. The van der Waals surface area contributed by atoms with Crippen molar-refractivity contribution in [2.24, 2.45) is 0 Å². The quantitative estimate of drug-likeness (QED) is 0.759. The van der Waals surface area contributed by atoms with Crippen LogP contribution in [0.3, 0.4) is 0 Å². The predicted molar refractivity (Wildman–Crippen MR) is 61.1 cm³/mol. The van der Waals surface area contributed by atoms with Crippen LogP contribution >= 0.6 is 0 Å². The van der Waals surface area contributed by atoms with Crippen molar-refractivity contribution in [3.05, 3.63) is 23.8 Å². The SMILES string of the molecule is FC1CCNC1.O=C(O)CC1=CCCC=C1. The largest absolute Gasteiger partial charge is 0.481 e. The van der Waals surface area contributed by atoms with Gasteiger partial charge in [-0.25, -0.2) is 4.39 Å². The van der Waals surface area contributed by atoms with Crippen molar-refractivity contribution in [2.45, 2.75) is 31.9 Å². The lowest BCUT2D eigenvalue weighted by Crippen LogP contribution is -2.08. The van der Waals surface area contributed by atoms with Crippen LogP contribution in [-0.4, -0.2) is 30.3 Å². The molecule has 3 nitrogen and oxygen atoms in total. The van der Waals surface area contributed by atoms with E-state index in [1.165, 1.54) is 0 Å². The van der Waals surface area contributed by atoms with Gasteiger partial charge in [-0.15, -0.1) is 0 Å². The Balaban J connectivity index is 0.000000181. The molecular weight excluding hydrogens is 209 g/mol. The molecule has 90 valence electrons. The molecule has 1 unspecified atom stereocenters. The van der Waals surface area contributed by atoms with E-state index in [-0.39, 0.29) is 6.42 Å². The van der Waals surface area contributed by atoms with E-state index in [1.807, 2.05) is 18.2 Å². The molecule has 0 saturated carbocycles. The van der Waals surface area contributed by atoms with Gasteiger partial charge in [-0.2, -0.15) is 0 Å². The number of carbonyl (C=O) groups is 1. The third-order valence-corrected chi connectivity index (χ3v) is 2.43. The molecule has 1 fully saturated rings. The highest BCUT2D eigenvalue weighted by Gasteiger charge is 2.10. The van der Waals surface area contributed by atoms with Gasteiger partial charge in [0, 0.05) is 6.54 Å². The van der Waals surface area contributed by atoms with Crippen molar-refractivity contribution in [1.82, 2.24) is 5.32 Å². The first-order valence-corrected chi connectivity index (χ1v) is 5.60. The van der Waals surface area contributed by atoms with Gasteiger partial charge >= 0.3 is 5.97 Å². The van der Waals surface area contributed by atoms with Gasteiger partial charge in [-0.05, 0) is 31.4 Å². The normalized spacial score (nSPS) is 23.3. The Bertz CT molecular complexity index is 281. The zero-order valence-electron chi connectivity index (χ0n) is 9.29. The van der Waals surface area contributed by atoms with Crippen LogP contribution in [0.25, 0.3) is 0 Å². The van der Waals surface area contributed by atoms with Crippen LogP contribution in [-0.2, 0) is 4.79 Å². The van der Waals surface area contributed by atoms with Crippen molar-refractivity contribution in [2.75, 3.05) is 13.1 Å². The van der Waals surface area contributed by atoms with E-state index in [9.17, 15) is 9.18 Å². The highest BCUT2D eigenvalue weighted by molar-refractivity contribution is 5.71. The van der Waals surface area contributed by atoms with E-state index in [0.717, 1.165) is 25.0 Å². The maximum absolute atomic E-state index is 11.9. The first kappa shape index (κ1) is 12.9. The second kappa shape index (κ2) is 7.17. The van der Waals surface area contributed by atoms with Gasteiger partial charge < -0.3 is 10.4 Å². The Morgan fingerprint density at radius 2 is 2.38 bits per heavy atom. The summed E-state index contributed by atoms with van der Waals surface area (Å²) < 4.78 is 11.9. The van der Waals surface area contributed by atoms with Crippen LogP contribution < -0.4 is 5.32 Å². The standard InChI is InChI=1S/C8H10O2.C4H8FN/c9-8(10)6-7-4-2-1-3-5-7;5-4-1-2-6-3-4/h2,4-5H,1,3,6H2,(H,9,10);4,6H,1-3H2. The fourth-order valence-electron chi connectivity index (χ4n) is 1.59. The molecule has 2 rings (SSSR count). The highest BCUT2D eigenvalue weighted by atomic mass is 19.1. The molecule has 0 aromatic heterocycles. The van der Waals surface area contributed by atoms with E-state index in [4.69, 9.17) is 5.11 Å². The van der Waals surface area contributed by atoms with Gasteiger partial charge in [0.1, 0.15) is 6.17 Å². The number of nitrogens with one attached hydrogen (secondary N) is 1. The molecular formula is C12H18FNO2. The molecule has 1 saturated heterocycles. The third-order valence-electron chi connectivity index (χ3n) is 2.43. The van der Waals surface area contributed by atoms with Crippen LogP contribution in [0.4, 0.5) is 4.39 Å². The molecule has 1 aliphatic heterocycles. The Hall–Kier alpha value is -1.16. The topological polar surface area (TPSA) is 49.3 Å². The summed E-state index contributed by atoms with van der Waals surface area (Å²) in [6, 6.07) is 0. The van der Waals surface area contributed by atoms with E-state index < -0.39 is 12.1 Å².